The van der Waals surface area contributed by atoms with Gasteiger partial charge in [0.15, 0.2) is 5.85 Å². The van der Waals surface area contributed by atoms with Crippen LogP contribution in [0.25, 0.3) is 0 Å². The van der Waals surface area contributed by atoms with Crippen LogP contribution in [0.5, 0.6) is 0 Å². The van der Waals surface area contributed by atoms with Crippen molar-refractivity contribution < 1.29 is 24.4 Å². The Morgan fingerprint density at radius 1 is 1.44 bits per heavy atom. The van der Waals surface area contributed by atoms with E-state index >= 15 is 0 Å². The van der Waals surface area contributed by atoms with Crippen LogP contribution in [-0.4, -0.2) is 19.8 Å². The topological polar surface area (TPSA) is 121 Å². The van der Waals surface area contributed by atoms with Crippen molar-refractivity contribution in [2.45, 2.75) is 12.8 Å². The Morgan fingerprint density at radius 3 is 2.44 bits per heavy atom. The molecule has 0 aliphatic rings. The summed E-state index contributed by atoms with van der Waals surface area (Å²) in [6.45, 7) is 1.50. The zero-order valence-electron chi connectivity index (χ0n) is 8.27. The molecule has 0 fully saturated rings. The van der Waals surface area contributed by atoms with Crippen LogP contribution in [0.2, 0.25) is 0 Å². The van der Waals surface area contributed by atoms with E-state index in [0.29, 0.717) is 5.56 Å². The van der Waals surface area contributed by atoms with Crippen LogP contribution in [0.1, 0.15) is 17.0 Å². The largest absolute Gasteiger partial charge is 0.376 e. The fraction of sp³-hybridized carbons (Fsp3) is 0.250. The van der Waals surface area contributed by atoms with E-state index in [4.69, 9.17) is 9.79 Å². The van der Waals surface area contributed by atoms with Gasteiger partial charge in [0.1, 0.15) is 0 Å². The average molecular weight is 247 g/mol. The number of hydrogen-bond donors (Lipinski definition) is 3. The Balaban J connectivity index is 3.27. The summed E-state index contributed by atoms with van der Waals surface area (Å²) in [5, 5.41) is 19.8. The normalized spacial score (nSPS) is 13.5. The molecule has 0 saturated heterocycles. The lowest BCUT2D eigenvalue weighted by molar-refractivity contribution is -0.385. The van der Waals surface area contributed by atoms with E-state index in [9.17, 15) is 19.8 Å². The Hall–Kier alpha value is -1.27. The molecule has 1 unspecified atom stereocenters. The summed E-state index contributed by atoms with van der Waals surface area (Å²) in [5.41, 5.74) is -0.0861. The molecule has 7 nitrogen and oxygen atoms in total. The van der Waals surface area contributed by atoms with Gasteiger partial charge in [0.05, 0.1) is 4.92 Å². The van der Waals surface area contributed by atoms with Crippen LogP contribution < -0.4 is 0 Å². The number of nitro benzene ring substituents is 1. The van der Waals surface area contributed by atoms with Gasteiger partial charge in [-0.2, -0.15) is 0 Å². The molecule has 0 saturated carbocycles. The van der Waals surface area contributed by atoms with Crippen molar-refractivity contribution in [1.29, 1.82) is 0 Å². The third-order valence-electron chi connectivity index (χ3n) is 2.07. The van der Waals surface area contributed by atoms with Gasteiger partial charge in [-0.25, -0.2) is 0 Å². The minimum Gasteiger partial charge on any atom is -0.376 e. The molecule has 0 aliphatic heterocycles. The number of aryl methyl sites for hydroxylation is 1. The predicted octanol–water partition coefficient (Wildman–Crippen LogP) is 1.07. The van der Waals surface area contributed by atoms with E-state index in [1.54, 1.807) is 0 Å². The molecule has 8 heteroatoms. The van der Waals surface area contributed by atoms with Crippen LogP contribution in [-0.2, 0) is 4.57 Å². The molecule has 1 atom stereocenters. The van der Waals surface area contributed by atoms with Crippen LogP contribution in [0.15, 0.2) is 18.2 Å². The maximum Gasteiger partial charge on any atom is 0.358 e. The summed E-state index contributed by atoms with van der Waals surface area (Å²) in [6.07, 6.45) is 0. The molecule has 16 heavy (non-hydrogen) atoms. The quantitative estimate of drug-likeness (QED) is 0.417. The highest BCUT2D eigenvalue weighted by molar-refractivity contribution is 7.51. The molecule has 0 aliphatic carbocycles. The molecule has 1 aromatic carbocycles. The van der Waals surface area contributed by atoms with Gasteiger partial charge >= 0.3 is 7.60 Å². The van der Waals surface area contributed by atoms with E-state index in [1.165, 1.54) is 19.1 Å². The molecule has 0 heterocycles. The number of hydrogen-bond acceptors (Lipinski definition) is 4. The van der Waals surface area contributed by atoms with E-state index in [2.05, 4.69) is 0 Å². The molecular formula is C8H10NO6P. The molecular weight excluding hydrogens is 237 g/mol. The number of rotatable bonds is 3. The highest BCUT2D eigenvalue weighted by Crippen LogP contribution is 2.50. The van der Waals surface area contributed by atoms with Crippen molar-refractivity contribution in [1.82, 2.24) is 0 Å². The lowest BCUT2D eigenvalue weighted by atomic mass is 10.1. The molecule has 0 amide bonds. The molecule has 0 bridgehead atoms. The third kappa shape index (κ3) is 2.65. The van der Waals surface area contributed by atoms with Gasteiger partial charge in [0.25, 0.3) is 5.69 Å². The van der Waals surface area contributed by atoms with Gasteiger partial charge < -0.3 is 14.9 Å². The Labute approximate surface area is 90.7 Å². The molecule has 3 N–H and O–H groups in total. The number of benzene rings is 1. The van der Waals surface area contributed by atoms with Crippen molar-refractivity contribution in [2.75, 3.05) is 0 Å². The Bertz CT molecular complexity index is 468. The number of nitrogens with zero attached hydrogens (tertiary/aromatic N) is 1. The van der Waals surface area contributed by atoms with Crippen molar-refractivity contribution in [2.24, 2.45) is 0 Å². The van der Waals surface area contributed by atoms with Crippen LogP contribution in [0, 0.1) is 17.0 Å². The van der Waals surface area contributed by atoms with Crippen LogP contribution >= 0.6 is 7.60 Å². The molecule has 88 valence electrons. The number of nitro groups is 1. The summed E-state index contributed by atoms with van der Waals surface area (Å²) in [6, 6.07) is 3.48. The van der Waals surface area contributed by atoms with Crippen molar-refractivity contribution >= 4 is 13.3 Å². The van der Waals surface area contributed by atoms with Crippen LogP contribution in [0.4, 0.5) is 5.69 Å². The monoisotopic (exact) mass is 247 g/mol. The standard InChI is InChI=1S/C8H10NO6P/c1-5-2-3-6(9(11)12)4-7(5)8(10)16(13,14)15/h2-4,8,10H,1H3,(H2,13,14,15). The van der Waals surface area contributed by atoms with Gasteiger partial charge in [0.2, 0.25) is 0 Å². The number of aliphatic hydroxyl groups is 1. The molecule has 0 aromatic heterocycles. The third-order valence-corrected chi connectivity index (χ3v) is 2.99. The summed E-state index contributed by atoms with van der Waals surface area (Å²) in [7, 11) is -4.72. The first-order valence-corrected chi connectivity index (χ1v) is 5.90. The highest BCUT2D eigenvalue weighted by Gasteiger charge is 2.30. The zero-order chi connectivity index (χ0) is 12.5. The van der Waals surface area contributed by atoms with Gasteiger partial charge in [-0.1, -0.05) is 6.07 Å². The maximum atomic E-state index is 10.8. The first-order valence-electron chi connectivity index (χ1n) is 4.21. The molecule has 1 rings (SSSR count). The SMILES string of the molecule is Cc1ccc([N+](=O)[O-])cc1C(O)P(=O)(O)O. The van der Waals surface area contributed by atoms with Gasteiger partial charge in [-0.3, -0.25) is 14.7 Å². The second-order valence-corrected chi connectivity index (χ2v) is 4.93. The van der Waals surface area contributed by atoms with Crippen molar-refractivity contribution in [3.63, 3.8) is 0 Å². The van der Waals surface area contributed by atoms with E-state index in [1.807, 2.05) is 0 Å². The number of aliphatic hydroxyl groups excluding tert-OH is 1. The van der Waals surface area contributed by atoms with E-state index < -0.39 is 18.4 Å². The van der Waals surface area contributed by atoms with Crippen molar-refractivity contribution in [3.05, 3.63) is 39.4 Å². The van der Waals surface area contributed by atoms with Crippen molar-refractivity contribution in [3.8, 4) is 0 Å². The fourth-order valence-corrected chi connectivity index (χ4v) is 1.84. The smallest absolute Gasteiger partial charge is 0.358 e. The Kier molecular flexibility index (Phi) is 3.44. The van der Waals surface area contributed by atoms with Gasteiger partial charge in [0, 0.05) is 17.7 Å². The molecule has 0 radical (unpaired) electrons. The van der Waals surface area contributed by atoms with Crippen LogP contribution in [0.3, 0.4) is 0 Å². The molecule has 0 spiro atoms. The zero-order valence-corrected chi connectivity index (χ0v) is 9.16. The Morgan fingerprint density at radius 2 is 2.00 bits per heavy atom. The van der Waals surface area contributed by atoms with E-state index in [-0.39, 0.29) is 11.3 Å². The summed E-state index contributed by atoms with van der Waals surface area (Å²) in [4.78, 5) is 27.3. The number of non-ortho nitro benzene ring substituents is 1. The summed E-state index contributed by atoms with van der Waals surface area (Å²) in [5.74, 6) is -2.03. The van der Waals surface area contributed by atoms with Gasteiger partial charge in [-0.15, -0.1) is 0 Å². The lowest BCUT2D eigenvalue weighted by Gasteiger charge is -2.14. The fourth-order valence-electron chi connectivity index (χ4n) is 1.20. The average Bonchev–Trinajstić information content (AvgIpc) is 2.15. The first kappa shape index (κ1) is 12.8. The summed E-state index contributed by atoms with van der Waals surface area (Å²) < 4.78 is 10.8. The first-order chi connectivity index (χ1) is 7.23. The predicted molar refractivity (Wildman–Crippen MR) is 54.8 cm³/mol. The second kappa shape index (κ2) is 4.31. The lowest BCUT2D eigenvalue weighted by Crippen LogP contribution is -2.02. The summed E-state index contributed by atoms with van der Waals surface area (Å²) >= 11 is 0. The highest BCUT2D eigenvalue weighted by atomic mass is 31.2. The molecule has 1 aromatic rings. The van der Waals surface area contributed by atoms with Gasteiger partial charge in [-0.05, 0) is 12.5 Å². The minimum absolute atomic E-state index is 0.137. The minimum atomic E-state index is -4.72. The second-order valence-electron chi connectivity index (χ2n) is 3.26. The van der Waals surface area contributed by atoms with E-state index in [0.717, 1.165) is 6.07 Å². The maximum absolute atomic E-state index is 10.8.